The lowest BCUT2D eigenvalue weighted by Gasteiger charge is -2.26. The first-order chi connectivity index (χ1) is 5.49. The van der Waals surface area contributed by atoms with Gasteiger partial charge in [0.2, 0.25) is 0 Å². The van der Waals surface area contributed by atoms with E-state index in [1.54, 1.807) is 0 Å². The Bertz CT molecular complexity index is 127. The van der Waals surface area contributed by atoms with E-state index < -0.39 is 0 Å². The van der Waals surface area contributed by atoms with E-state index in [9.17, 15) is 0 Å². The van der Waals surface area contributed by atoms with Crippen molar-refractivity contribution in [2.45, 2.75) is 39.9 Å². The summed E-state index contributed by atoms with van der Waals surface area (Å²) in [6.07, 6.45) is 3.41. The molecule has 0 rings (SSSR count). The van der Waals surface area contributed by atoms with Gasteiger partial charge in [-0.15, -0.1) is 6.58 Å². The predicted molar refractivity (Wildman–Crippen MR) is 60.3 cm³/mol. The van der Waals surface area contributed by atoms with Gasteiger partial charge < -0.3 is 0 Å². The van der Waals surface area contributed by atoms with E-state index in [2.05, 4.69) is 48.2 Å². The lowest BCUT2D eigenvalue weighted by molar-refractivity contribution is 0.290. The highest BCUT2D eigenvalue weighted by molar-refractivity contribution is 6.11. The average molecular weight is 166 g/mol. The van der Waals surface area contributed by atoms with Crippen molar-refractivity contribution in [1.82, 2.24) is 0 Å². The van der Waals surface area contributed by atoms with Crippen LogP contribution in [0.25, 0.3) is 0 Å². The third kappa shape index (κ3) is 3.99. The smallest absolute Gasteiger partial charge is 0.103 e. The lowest BCUT2D eigenvalue weighted by Crippen LogP contribution is -2.17. The molecule has 3 atom stereocenters. The second-order valence-electron chi connectivity index (χ2n) is 4.63. The van der Waals surface area contributed by atoms with Gasteiger partial charge in [-0.2, -0.15) is 0 Å². The molecular formula is C11H23B. The van der Waals surface area contributed by atoms with E-state index in [1.165, 1.54) is 6.42 Å². The van der Waals surface area contributed by atoms with Gasteiger partial charge in [0.05, 0.1) is 0 Å². The van der Waals surface area contributed by atoms with Gasteiger partial charge in [-0.25, -0.2) is 0 Å². The SMILES string of the molecule is BC(C)CC(C(C)C)C(C)C=C. The van der Waals surface area contributed by atoms with Crippen LogP contribution >= 0.6 is 0 Å². The fourth-order valence-electron chi connectivity index (χ4n) is 1.81. The standard InChI is InChI=1S/C11H23B/c1-6-9(4)11(8(2)3)7-10(5)12/h6,8-11H,1,7,12H2,2-5H3. The molecule has 0 nitrogen and oxygen atoms in total. The van der Waals surface area contributed by atoms with Crippen molar-refractivity contribution in [2.24, 2.45) is 17.8 Å². The van der Waals surface area contributed by atoms with Gasteiger partial charge in [-0.05, 0) is 17.8 Å². The Kier molecular flexibility index (Phi) is 5.36. The monoisotopic (exact) mass is 166 g/mol. The van der Waals surface area contributed by atoms with Crippen molar-refractivity contribution in [3.05, 3.63) is 12.7 Å². The maximum Gasteiger partial charge on any atom is 0.105 e. The van der Waals surface area contributed by atoms with Crippen molar-refractivity contribution in [3.63, 3.8) is 0 Å². The Balaban J connectivity index is 4.12. The molecule has 0 aromatic heterocycles. The molecule has 12 heavy (non-hydrogen) atoms. The lowest BCUT2D eigenvalue weighted by atomic mass is 9.73. The zero-order chi connectivity index (χ0) is 9.72. The van der Waals surface area contributed by atoms with Gasteiger partial charge in [0.1, 0.15) is 7.85 Å². The molecule has 0 aromatic rings. The molecule has 0 heterocycles. The third-order valence-corrected chi connectivity index (χ3v) is 2.65. The molecule has 0 spiro atoms. The molecule has 0 aliphatic heterocycles. The Labute approximate surface area is 78.9 Å². The summed E-state index contributed by atoms with van der Waals surface area (Å²) in [5, 5.41) is 0. The van der Waals surface area contributed by atoms with E-state index in [0.717, 1.165) is 17.7 Å². The molecule has 1 heteroatoms. The maximum absolute atomic E-state index is 3.87. The van der Waals surface area contributed by atoms with Crippen molar-refractivity contribution in [2.75, 3.05) is 0 Å². The van der Waals surface area contributed by atoms with E-state index >= 15 is 0 Å². The molecule has 0 bridgehead atoms. The number of allylic oxidation sites excluding steroid dienone is 1. The minimum atomic E-state index is 0.660. The fraction of sp³-hybridized carbons (Fsp3) is 0.818. The molecule has 70 valence electrons. The van der Waals surface area contributed by atoms with E-state index in [4.69, 9.17) is 0 Å². The molecule has 3 unspecified atom stereocenters. The van der Waals surface area contributed by atoms with Crippen LogP contribution in [-0.2, 0) is 0 Å². The van der Waals surface area contributed by atoms with Gasteiger partial charge in [0.25, 0.3) is 0 Å². The van der Waals surface area contributed by atoms with Gasteiger partial charge >= 0.3 is 0 Å². The summed E-state index contributed by atoms with van der Waals surface area (Å²) >= 11 is 0. The number of hydrogen-bond donors (Lipinski definition) is 0. The van der Waals surface area contributed by atoms with Crippen molar-refractivity contribution in [1.29, 1.82) is 0 Å². The minimum absolute atomic E-state index is 0.660. The highest BCUT2D eigenvalue weighted by atomic mass is 14.2. The minimum Gasteiger partial charge on any atom is -0.103 e. The zero-order valence-electron chi connectivity index (χ0n) is 9.30. The fourth-order valence-corrected chi connectivity index (χ4v) is 1.81. The van der Waals surface area contributed by atoms with Crippen molar-refractivity contribution in [3.8, 4) is 0 Å². The molecular weight excluding hydrogens is 143 g/mol. The van der Waals surface area contributed by atoms with Crippen LogP contribution < -0.4 is 0 Å². The van der Waals surface area contributed by atoms with Crippen molar-refractivity contribution >= 4 is 7.85 Å². The van der Waals surface area contributed by atoms with Crippen LogP contribution in [0.2, 0.25) is 5.82 Å². The first-order valence-electron chi connectivity index (χ1n) is 5.11. The average Bonchev–Trinajstić information content (AvgIpc) is 1.98. The predicted octanol–water partition coefficient (Wildman–Crippen LogP) is 2.91. The van der Waals surface area contributed by atoms with Crippen molar-refractivity contribution < 1.29 is 0 Å². The Morgan fingerprint density at radius 3 is 2.00 bits per heavy atom. The zero-order valence-corrected chi connectivity index (χ0v) is 9.30. The quantitative estimate of drug-likeness (QED) is 0.435. The summed E-state index contributed by atoms with van der Waals surface area (Å²) in [5.41, 5.74) is 0. The van der Waals surface area contributed by atoms with Crippen LogP contribution in [0.3, 0.4) is 0 Å². The van der Waals surface area contributed by atoms with Gasteiger partial charge in [-0.1, -0.05) is 46.0 Å². The first kappa shape index (κ1) is 11.8. The second kappa shape index (κ2) is 5.45. The molecule has 0 aliphatic rings. The third-order valence-electron chi connectivity index (χ3n) is 2.65. The normalized spacial score (nSPS) is 18.8. The number of rotatable bonds is 5. The Hall–Kier alpha value is -0.195. The van der Waals surface area contributed by atoms with Gasteiger partial charge in [0.15, 0.2) is 0 Å². The summed E-state index contributed by atoms with van der Waals surface area (Å²) in [5.74, 6) is 3.05. The molecule has 0 aliphatic carbocycles. The second-order valence-corrected chi connectivity index (χ2v) is 4.63. The van der Waals surface area contributed by atoms with E-state index in [1.807, 2.05) is 0 Å². The highest BCUT2D eigenvalue weighted by Gasteiger charge is 2.19. The van der Waals surface area contributed by atoms with Crippen LogP contribution in [-0.4, -0.2) is 7.85 Å². The molecule has 0 radical (unpaired) electrons. The van der Waals surface area contributed by atoms with Crippen LogP contribution in [0.1, 0.15) is 34.1 Å². The molecule has 0 saturated heterocycles. The van der Waals surface area contributed by atoms with E-state index in [-0.39, 0.29) is 0 Å². The first-order valence-corrected chi connectivity index (χ1v) is 5.11. The summed E-state index contributed by atoms with van der Waals surface area (Å²) in [4.78, 5) is 0. The summed E-state index contributed by atoms with van der Waals surface area (Å²) in [7, 11) is 2.30. The summed E-state index contributed by atoms with van der Waals surface area (Å²) in [6.45, 7) is 13.1. The molecule has 0 fully saturated rings. The van der Waals surface area contributed by atoms with Gasteiger partial charge in [0, 0.05) is 0 Å². The van der Waals surface area contributed by atoms with Crippen LogP contribution in [0.4, 0.5) is 0 Å². The van der Waals surface area contributed by atoms with Crippen LogP contribution in [0, 0.1) is 17.8 Å². The topological polar surface area (TPSA) is 0 Å². The largest absolute Gasteiger partial charge is 0.105 e. The van der Waals surface area contributed by atoms with Crippen LogP contribution in [0.15, 0.2) is 12.7 Å². The van der Waals surface area contributed by atoms with E-state index in [0.29, 0.717) is 5.92 Å². The summed E-state index contributed by atoms with van der Waals surface area (Å²) in [6, 6.07) is 0. The Morgan fingerprint density at radius 2 is 1.75 bits per heavy atom. The molecule has 0 aromatic carbocycles. The van der Waals surface area contributed by atoms with Crippen LogP contribution in [0.5, 0.6) is 0 Å². The number of hydrogen-bond acceptors (Lipinski definition) is 0. The Morgan fingerprint density at radius 1 is 1.25 bits per heavy atom. The molecule has 0 amide bonds. The molecule has 0 saturated carbocycles. The highest BCUT2D eigenvalue weighted by Crippen LogP contribution is 2.29. The van der Waals surface area contributed by atoms with Gasteiger partial charge in [-0.3, -0.25) is 0 Å². The summed E-state index contributed by atoms with van der Waals surface area (Å²) < 4.78 is 0. The maximum atomic E-state index is 3.87. The molecule has 0 N–H and O–H groups in total.